The van der Waals surface area contributed by atoms with Crippen molar-refractivity contribution in [3.05, 3.63) is 24.3 Å². The Bertz CT molecular complexity index is 201. The largest absolute Gasteiger partial charge is 0.323 e. The van der Waals surface area contributed by atoms with Gasteiger partial charge >= 0.3 is 0 Å². The van der Waals surface area contributed by atoms with E-state index < -0.39 is 5.82 Å². The van der Waals surface area contributed by atoms with Gasteiger partial charge in [0.15, 0.2) is 0 Å². The molecule has 4 heteroatoms. The minimum Gasteiger partial charge on any atom is -0.323 e. The van der Waals surface area contributed by atoms with Crippen molar-refractivity contribution in [1.29, 1.82) is 0 Å². The van der Waals surface area contributed by atoms with Crippen LogP contribution in [0.2, 0.25) is 0 Å². The summed E-state index contributed by atoms with van der Waals surface area (Å²) in [5.41, 5.74) is 2.73. The molecule has 0 spiro atoms. The van der Waals surface area contributed by atoms with Gasteiger partial charge in [0, 0.05) is 6.07 Å². The fraction of sp³-hybridized carbons (Fsp3) is 0. The van der Waals surface area contributed by atoms with Crippen molar-refractivity contribution in [3.8, 4) is 0 Å². The van der Waals surface area contributed by atoms with Crippen molar-refractivity contribution in [2.45, 2.75) is 0 Å². The SMILES string of the molecule is NNc1cncc(F)c1. The number of hydrazine groups is 1. The van der Waals surface area contributed by atoms with Crippen LogP contribution in [0, 0.1) is 5.82 Å². The highest BCUT2D eigenvalue weighted by Crippen LogP contribution is 2.03. The summed E-state index contributed by atoms with van der Waals surface area (Å²) in [6.07, 6.45) is 2.55. The topological polar surface area (TPSA) is 50.9 Å². The number of nitrogens with one attached hydrogen (secondary N) is 1. The Hall–Kier alpha value is -1.16. The summed E-state index contributed by atoms with van der Waals surface area (Å²) in [4.78, 5) is 3.54. The van der Waals surface area contributed by atoms with Gasteiger partial charge in [-0.25, -0.2) is 4.39 Å². The number of aromatic nitrogens is 1. The molecule has 0 saturated heterocycles. The highest BCUT2D eigenvalue weighted by atomic mass is 19.1. The molecule has 3 N–H and O–H groups in total. The lowest BCUT2D eigenvalue weighted by atomic mass is 10.4. The maximum atomic E-state index is 12.2. The van der Waals surface area contributed by atoms with Crippen LogP contribution in [0.3, 0.4) is 0 Å². The molecular weight excluding hydrogens is 121 g/mol. The first kappa shape index (κ1) is 5.97. The van der Waals surface area contributed by atoms with Crippen LogP contribution in [0.15, 0.2) is 18.5 Å². The lowest BCUT2D eigenvalue weighted by Crippen LogP contribution is -2.06. The summed E-state index contributed by atoms with van der Waals surface area (Å²) in [6.45, 7) is 0. The van der Waals surface area contributed by atoms with Gasteiger partial charge in [0.25, 0.3) is 0 Å². The molecule has 0 aliphatic carbocycles. The lowest BCUT2D eigenvalue weighted by Gasteiger charge is -1.95. The summed E-state index contributed by atoms with van der Waals surface area (Å²) in [6, 6.07) is 1.26. The van der Waals surface area contributed by atoms with Crippen molar-refractivity contribution in [3.63, 3.8) is 0 Å². The van der Waals surface area contributed by atoms with Crippen LogP contribution in [0.25, 0.3) is 0 Å². The molecule has 0 aromatic carbocycles. The van der Waals surface area contributed by atoms with E-state index in [9.17, 15) is 4.39 Å². The molecule has 1 rings (SSSR count). The molecule has 1 heterocycles. The molecule has 0 radical (unpaired) electrons. The molecule has 9 heavy (non-hydrogen) atoms. The predicted octanol–water partition coefficient (Wildman–Crippen LogP) is 0.506. The zero-order valence-electron chi connectivity index (χ0n) is 4.63. The Kier molecular flexibility index (Phi) is 1.60. The summed E-state index contributed by atoms with van der Waals surface area (Å²) >= 11 is 0. The third-order valence-electron chi connectivity index (χ3n) is 0.872. The van der Waals surface area contributed by atoms with Gasteiger partial charge in [-0.05, 0) is 0 Å². The summed E-state index contributed by atoms with van der Waals surface area (Å²) in [5, 5.41) is 0. The number of pyridine rings is 1. The molecule has 0 saturated carbocycles. The lowest BCUT2D eigenvalue weighted by molar-refractivity contribution is 0.622. The zero-order chi connectivity index (χ0) is 6.69. The molecular formula is C5H6FN3. The van der Waals surface area contributed by atoms with E-state index in [1.807, 2.05) is 0 Å². The molecule has 0 unspecified atom stereocenters. The number of nitrogen functional groups attached to an aromatic ring is 1. The average molecular weight is 127 g/mol. The molecule has 0 atom stereocenters. The Morgan fingerprint density at radius 3 is 2.78 bits per heavy atom. The van der Waals surface area contributed by atoms with Crippen molar-refractivity contribution in [2.75, 3.05) is 5.43 Å². The van der Waals surface area contributed by atoms with E-state index in [-0.39, 0.29) is 0 Å². The minimum atomic E-state index is -0.398. The van der Waals surface area contributed by atoms with Crippen LogP contribution >= 0.6 is 0 Å². The summed E-state index contributed by atoms with van der Waals surface area (Å²) in [7, 11) is 0. The molecule has 0 aliphatic heterocycles. The third kappa shape index (κ3) is 1.36. The number of nitrogens with zero attached hydrogens (tertiary/aromatic N) is 1. The maximum Gasteiger partial charge on any atom is 0.143 e. The number of anilines is 1. The van der Waals surface area contributed by atoms with Gasteiger partial charge in [-0.3, -0.25) is 10.8 Å². The van der Waals surface area contributed by atoms with Gasteiger partial charge < -0.3 is 5.43 Å². The zero-order valence-corrected chi connectivity index (χ0v) is 4.63. The molecule has 1 aromatic heterocycles. The van der Waals surface area contributed by atoms with E-state index in [1.165, 1.54) is 12.3 Å². The monoisotopic (exact) mass is 127 g/mol. The minimum absolute atomic E-state index is 0.398. The normalized spacial score (nSPS) is 9.11. The summed E-state index contributed by atoms with van der Waals surface area (Å²) < 4.78 is 12.2. The number of hydrogen-bond acceptors (Lipinski definition) is 3. The third-order valence-corrected chi connectivity index (χ3v) is 0.872. The molecule has 3 nitrogen and oxygen atoms in total. The van der Waals surface area contributed by atoms with Crippen LogP contribution in [-0.2, 0) is 0 Å². The van der Waals surface area contributed by atoms with Gasteiger partial charge in [0.1, 0.15) is 5.82 Å². The first-order chi connectivity index (χ1) is 4.33. The van der Waals surface area contributed by atoms with E-state index in [0.717, 1.165) is 6.20 Å². The van der Waals surface area contributed by atoms with Crippen molar-refractivity contribution in [2.24, 2.45) is 5.84 Å². The van der Waals surface area contributed by atoms with E-state index >= 15 is 0 Å². The summed E-state index contributed by atoms with van der Waals surface area (Å²) in [5.74, 6) is 4.56. The average Bonchev–Trinajstić information content (AvgIpc) is 1.88. The molecule has 48 valence electrons. The predicted molar refractivity (Wildman–Crippen MR) is 32.0 cm³/mol. The van der Waals surface area contributed by atoms with Crippen LogP contribution in [0.1, 0.15) is 0 Å². The molecule has 0 fully saturated rings. The van der Waals surface area contributed by atoms with Gasteiger partial charge in [-0.2, -0.15) is 0 Å². The number of nitrogens with two attached hydrogens (primary N) is 1. The van der Waals surface area contributed by atoms with E-state index in [4.69, 9.17) is 5.84 Å². The molecule has 1 aromatic rings. The molecule has 0 amide bonds. The van der Waals surface area contributed by atoms with Crippen molar-refractivity contribution in [1.82, 2.24) is 4.98 Å². The number of rotatable bonds is 1. The number of hydrogen-bond donors (Lipinski definition) is 2. The highest BCUT2D eigenvalue weighted by Gasteiger charge is 1.89. The van der Waals surface area contributed by atoms with Gasteiger partial charge in [0.05, 0.1) is 18.1 Å². The Labute approximate surface area is 51.7 Å². The van der Waals surface area contributed by atoms with E-state index in [1.54, 1.807) is 0 Å². The van der Waals surface area contributed by atoms with E-state index in [0.29, 0.717) is 5.69 Å². The first-order valence-corrected chi connectivity index (χ1v) is 2.40. The molecule has 0 bridgehead atoms. The Morgan fingerprint density at radius 2 is 2.33 bits per heavy atom. The van der Waals surface area contributed by atoms with E-state index in [2.05, 4.69) is 10.4 Å². The van der Waals surface area contributed by atoms with Crippen molar-refractivity contribution >= 4 is 5.69 Å². The second-order valence-corrected chi connectivity index (χ2v) is 1.54. The van der Waals surface area contributed by atoms with Crippen LogP contribution in [0.4, 0.5) is 10.1 Å². The van der Waals surface area contributed by atoms with Gasteiger partial charge in [0.2, 0.25) is 0 Å². The fourth-order valence-corrected chi connectivity index (χ4v) is 0.491. The highest BCUT2D eigenvalue weighted by molar-refractivity contribution is 5.38. The standard InChI is InChI=1S/C5H6FN3/c6-4-1-5(9-7)3-8-2-4/h1-3,9H,7H2. The molecule has 0 aliphatic rings. The second kappa shape index (κ2) is 2.41. The quantitative estimate of drug-likeness (QED) is 0.426. The maximum absolute atomic E-state index is 12.2. The van der Waals surface area contributed by atoms with Crippen LogP contribution in [-0.4, -0.2) is 4.98 Å². The fourth-order valence-electron chi connectivity index (χ4n) is 0.491. The van der Waals surface area contributed by atoms with Crippen LogP contribution in [0.5, 0.6) is 0 Å². The second-order valence-electron chi connectivity index (χ2n) is 1.54. The Balaban J connectivity index is 2.94. The Morgan fingerprint density at radius 1 is 1.56 bits per heavy atom. The van der Waals surface area contributed by atoms with Gasteiger partial charge in [-0.1, -0.05) is 0 Å². The van der Waals surface area contributed by atoms with Crippen LogP contribution < -0.4 is 11.3 Å². The van der Waals surface area contributed by atoms with Crippen molar-refractivity contribution < 1.29 is 4.39 Å². The smallest absolute Gasteiger partial charge is 0.143 e. The number of halogens is 1. The first-order valence-electron chi connectivity index (χ1n) is 2.40. The van der Waals surface area contributed by atoms with Gasteiger partial charge in [-0.15, -0.1) is 0 Å².